The van der Waals surface area contributed by atoms with Gasteiger partial charge in [0.2, 0.25) is 5.75 Å². The highest BCUT2D eigenvalue weighted by Crippen LogP contribution is 2.39. The monoisotopic (exact) mass is 264 g/mol. The van der Waals surface area contributed by atoms with Crippen LogP contribution in [0, 0.1) is 5.41 Å². The van der Waals surface area contributed by atoms with Gasteiger partial charge in [-0.25, -0.2) is 9.97 Å². The van der Waals surface area contributed by atoms with E-state index in [0.717, 1.165) is 5.82 Å². The molecule has 0 aliphatic heterocycles. The highest BCUT2D eigenvalue weighted by Gasteiger charge is 2.30. The molecule has 5 heteroatoms. The molecule has 1 aromatic heterocycles. The summed E-state index contributed by atoms with van der Waals surface area (Å²) in [6.07, 6.45) is 6.33. The van der Waals surface area contributed by atoms with Crippen molar-refractivity contribution in [1.82, 2.24) is 9.97 Å². The average molecular weight is 264 g/mol. The van der Waals surface area contributed by atoms with Crippen LogP contribution in [0.5, 0.6) is 5.75 Å². The lowest BCUT2D eigenvalue weighted by Crippen LogP contribution is -2.38. The summed E-state index contributed by atoms with van der Waals surface area (Å²) in [6.45, 7) is 4.68. The quantitative estimate of drug-likeness (QED) is 0.908. The van der Waals surface area contributed by atoms with Gasteiger partial charge in [0.15, 0.2) is 11.6 Å². The fraction of sp³-hybridized carbons (Fsp3) is 0.714. The maximum atomic E-state index is 5.84. The molecule has 1 fully saturated rings. The molecule has 1 heterocycles. The van der Waals surface area contributed by atoms with Gasteiger partial charge in [0, 0.05) is 13.1 Å². The SMILES string of the molecule is COc1c(N)ncnc1N(C)C1CCC(C)(C)CC1. The summed E-state index contributed by atoms with van der Waals surface area (Å²) in [5.41, 5.74) is 6.30. The third-order valence-electron chi connectivity index (χ3n) is 4.21. The van der Waals surface area contributed by atoms with E-state index in [1.54, 1.807) is 7.11 Å². The van der Waals surface area contributed by atoms with Crippen LogP contribution in [0.1, 0.15) is 39.5 Å². The first-order valence-electron chi connectivity index (χ1n) is 6.82. The lowest BCUT2D eigenvalue weighted by molar-refractivity contribution is 0.222. The second-order valence-corrected chi connectivity index (χ2v) is 6.12. The number of anilines is 2. The highest BCUT2D eigenvalue weighted by atomic mass is 16.5. The minimum Gasteiger partial charge on any atom is -0.490 e. The van der Waals surface area contributed by atoms with Gasteiger partial charge in [-0.3, -0.25) is 0 Å². The standard InChI is InChI=1S/C14H24N4O/c1-14(2)7-5-10(6-8-14)18(3)13-11(19-4)12(15)16-9-17-13/h9-10H,5-8H2,1-4H3,(H2,15,16,17). The van der Waals surface area contributed by atoms with Crippen LogP contribution in [-0.2, 0) is 0 Å². The molecule has 5 nitrogen and oxygen atoms in total. The number of aromatic nitrogens is 2. The molecule has 1 aliphatic carbocycles. The molecule has 106 valence electrons. The van der Waals surface area contributed by atoms with E-state index in [-0.39, 0.29) is 0 Å². The van der Waals surface area contributed by atoms with Crippen LogP contribution in [0.4, 0.5) is 11.6 Å². The van der Waals surface area contributed by atoms with Gasteiger partial charge in [0.1, 0.15) is 6.33 Å². The number of ether oxygens (including phenoxy) is 1. The zero-order valence-electron chi connectivity index (χ0n) is 12.3. The second kappa shape index (κ2) is 5.23. The number of nitrogens with zero attached hydrogens (tertiary/aromatic N) is 3. The Morgan fingerprint density at radius 1 is 1.32 bits per heavy atom. The minimum atomic E-state index is 0.399. The first-order valence-corrected chi connectivity index (χ1v) is 6.82. The zero-order chi connectivity index (χ0) is 14.0. The molecule has 19 heavy (non-hydrogen) atoms. The maximum Gasteiger partial charge on any atom is 0.204 e. The van der Waals surface area contributed by atoms with Crippen molar-refractivity contribution in [2.45, 2.75) is 45.6 Å². The van der Waals surface area contributed by atoms with E-state index in [4.69, 9.17) is 10.5 Å². The van der Waals surface area contributed by atoms with Crippen LogP contribution >= 0.6 is 0 Å². The van der Waals surface area contributed by atoms with Gasteiger partial charge in [0.05, 0.1) is 7.11 Å². The van der Waals surface area contributed by atoms with Crippen molar-refractivity contribution in [3.63, 3.8) is 0 Å². The van der Waals surface area contributed by atoms with E-state index in [1.807, 2.05) is 0 Å². The molecule has 0 spiro atoms. The summed E-state index contributed by atoms with van der Waals surface area (Å²) in [5, 5.41) is 0. The molecule has 1 saturated carbocycles. The second-order valence-electron chi connectivity index (χ2n) is 6.12. The van der Waals surface area contributed by atoms with Crippen molar-refractivity contribution >= 4 is 11.6 Å². The lowest BCUT2D eigenvalue weighted by atomic mass is 9.75. The van der Waals surface area contributed by atoms with Gasteiger partial charge in [-0.2, -0.15) is 0 Å². The van der Waals surface area contributed by atoms with Gasteiger partial charge in [-0.05, 0) is 31.1 Å². The molecule has 0 saturated heterocycles. The van der Waals surface area contributed by atoms with E-state index in [1.165, 1.54) is 32.0 Å². The summed E-state index contributed by atoms with van der Waals surface area (Å²) < 4.78 is 5.34. The van der Waals surface area contributed by atoms with Crippen LogP contribution < -0.4 is 15.4 Å². The molecular formula is C14H24N4O. The number of nitrogen functional groups attached to an aromatic ring is 1. The fourth-order valence-electron chi connectivity index (χ4n) is 2.77. The van der Waals surface area contributed by atoms with E-state index in [9.17, 15) is 0 Å². The zero-order valence-corrected chi connectivity index (χ0v) is 12.3. The van der Waals surface area contributed by atoms with Gasteiger partial charge >= 0.3 is 0 Å². The van der Waals surface area contributed by atoms with Gasteiger partial charge in [-0.1, -0.05) is 13.8 Å². The lowest BCUT2D eigenvalue weighted by Gasteiger charge is -2.39. The third kappa shape index (κ3) is 2.91. The predicted octanol–water partition coefficient (Wildman–Crippen LogP) is 2.47. The molecule has 0 unspecified atom stereocenters. The number of nitrogens with two attached hydrogens (primary N) is 1. The molecule has 1 aromatic rings. The summed E-state index contributed by atoms with van der Waals surface area (Å²) in [6, 6.07) is 0.497. The molecule has 2 rings (SSSR count). The summed E-state index contributed by atoms with van der Waals surface area (Å²) in [7, 11) is 3.67. The van der Waals surface area contributed by atoms with E-state index in [0.29, 0.717) is 23.0 Å². The number of methoxy groups -OCH3 is 1. The number of hydrogen-bond donors (Lipinski definition) is 1. The summed E-state index contributed by atoms with van der Waals surface area (Å²) >= 11 is 0. The molecule has 1 aliphatic rings. The van der Waals surface area contributed by atoms with Crippen molar-refractivity contribution in [3.05, 3.63) is 6.33 Å². The highest BCUT2D eigenvalue weighted by molar-refractivity contribution is 5.62. The molecule has 0 amide bonds. The average Bonchev–Trinajstić information content (AvgIpc) is 2.37. The van der Waals surface area contributed by atoms with E-state index in [2.05, 4.69) is 35.8 Å². The Morgan fingerprint density at radius 3 is 2.53 bits per heavy atom. The Morgan fingerprint density at radius 2 is 1.95 bits per heavy atom. The molecule has 0 atom stereocenters. The number of hydrogen-bond acceptors (Lipinski definition) is 5. The molecular weight excluding hydrogens is 240 g/mol. The van der Waals surface area contributed by atoms with Gasteiger partial charge < -0.3 is 15.4 Å². The van der Waals surface area contributed by atoms with Crippen LogP contribution in [0.15, 0.2) is 6.33 Å². The smallest absolute Gasteiger partial charge is 0.204 e. The molecule has 0 bridgehead atoms. The van der Waals surface area contributed by atoms with Crippen LogP contribution in [0.3, 0.4) is 0 Å². The summed E-state index contributed by atoms with van der Waals surface area (Å²) in [4.78, 5) is 10.5. The number of rotatable bonds is 3. The fourth-order valence-corrected chi connectivity index (χ4v) is 2.77. The Labute approximate surface area is 115 Å². The van der Waals surface area contributed by atoms with Crippen LogP contribution in [0.25, 0.3) is 0 Å². The topological polar surface area (TPSA) is 64.3 Å². The van der Waals surface area contributed by atoms with Crippen molar-refractivity contribution in [2.75, 3.05) is 24.8 Å². The summed E-state index contributed by atoms with van der Waals surface area (Å²) in [5.74, 6) is 1.77. The Balaban J connectivity index is 2.16. The van der Waals surface area contributed by atoms with Crippen LogP contribution in [0.2, 0.25) is 0 Å². The molecule has 2 N–H and O–H groups in total. The molecule has 0 aromatic carbocycles. The van der Waals surface area contributed by atoms with Gasteiger partial charge in [-0.15, -0.1) is 0 Å². The maximum absolute atomic E-state index is 5.84. The molecule has 0 radical (unpaired) electrons. The first-order chi connectivity index (χ1) is 8.94. The largest absolute Gasteiger partial charge is 0.490 e. The van der Waals surface area contributed by atoms with Crippen LogP contribution in [-0.4, -0.2) is 30.2 Å². The van der Waals surface area contributed by atoms with E-state index < -0.39 is 0 Å². The van der Waals surface area contributed by atoms with E-state index >= 15 is 0 Å². The minimum absolute atomic E-state index is 0.399. The third-order valence-corrected chi connectivity index (χ3v) is 4.21. The predicted molar refractivity (Wildman–Crippen MR) is 77.4 cm³/mol. The van der Waals surface area contributed by atoms with Crippen molar-refractivity contribution in [1.29, 1.82) is 0 Å². The normalized spacial score (nSPS) is 19.2. The van der Waals surface area contributed by atoms with Gasteiger partial charge in [0.25, 0.3) is 0 Å². The Kier molecular flexibility index (Phi) is 3.83. The Bertz CT molecular complexity index is 437. The van der Waals surface area contributed by atoms with Crippen molar-refractivity contribution < 1.29 is 4.74 Å². The first kappa shape index (κ1) is 13.9. The van der Waals surface area contributed by atoms with Crippen molar-refractivity contribution in [3.8, 4) is 5.75 Å². The van der Waals surface area contributed by atoms with Crippen molar-refractivity contribution in [2.24, 2.45) is 5.41 Å². The Hall–Kier alpha value is -1.52.